The Morgan fingerprint density at radius 2 is 1.76 bits per heavy atom. The van der Waals surface area contributed by atoms with Gasteiger partial charge in [0.1, 0.15) is 11.6 Å². The second-order valence-electron chi connectivity index (χ2n) is 8.20. The van der Waals surface area contributed by atoms with E-state index in [1.54, 1.807) is 4.90 Å². The smallest absolute Gasteiger partial charge is 0.258 e. The van der Waals surface area contributed by atoms with Crippen molar-refractivity contribution in [2.24, 2.45) is 0 Å². The van der Waals surface area contributed by atoms with Crippen LogP contribution in [0.3, 0.4) is 0 Å². The number of aromatic nitrogens is 2. The molecular weight excluding hydrogens is 426 g/mol. The summed E-state index contributed by atoms with van der Waals surface area (Å²) in [6.45, 7) is 6.49. The average molecular weight is 453 g/mol. The summed E-state index contributed by atoms with van der Waals surface area (Å²) < 4.78 is 33.5. The maximum Gasteiger partial charge on any atom is 0.258 e. The van der Waals surface area contributed by atoms with Gasteiger partial charge < -0.3 is 14.5 Å². The number of morpholine rings is 1. The van der Waals surface area contributed by atoms with E-state index in [9.17, 15) is 13.6 Å². The second kappa shape index (κ2) is 10.0. The van der Waals surface area contributed by atoms with Crippen LogP contribution < -0.4 is 4.90 Å². The van der Waals surface area contributed by atoms with Gasteiger partial charge in [-0.15, -0.1) is 0 Å². The number of hydrogen-bond donors (Lipinski definition) is 0. The van der Waals surface area contributed by atoms with E-state index in [2.05, 4.69) is 9.97 Å². The molecule has 4 rings (SSSR count). The molecule has 0 aliphatic carbocycles. The highest BCUT2D eigenvalue weighted by atomic mass is 19.1. The number of rotatable bonds is 6. The molecular formula is C25H26F2N4O2. The molecule has 0 radical (unpaired) electrons. The van der Waals surface area contributed by atoms with E-state index >= 15 is 0 Å². The van der Waals surface area contributed by atoms with E-state index in [1.165, 1.54) is 18.3 Å². The van der Waals surface area contributed by atoms with Crippen molar-refractivity contribution in [3.05, 3.63) is 77.5 Å². The number of nitrogens with zero attached hydrogens (tertiary/aromatic N) is 4. The number of ether oxygens (including phenoxy) is 1. The molecule has 3 aromatic rings. The normalized spacial score (nSPS) is 13.9. The van der Waals surface area contributed by atoms with Gasteiger partial charge in [0.05, 0.1) is 24.5 Å². The maximum atomic E-state index is 14.1. The zero-order valence-electron chi connectivity index (χ0n) is 18.7. The van der Waals surface area contributed by atoms with E-state index in [-0.39, 0.29) is 28.8 Å². The highest BCUT2D eigenvalue weighted by Crippen LogP contribution is 2.27. The van der Waals surface area contributed by atoms with Crippen molar-refractivity contribution in [1.29, 1.82) is 0 Å². The monoisotopic (exact) mass is 452 g/mol. The summed E-state index contributed by atoms with van der Waals surface area (Å²) >= 11 is 0. The number of hydrogen-bond acceptors (Lipinski definition) is 5. The quantitative estimate of drug-likeness (QED) is 0.558. The first-order valence-corrected chi connectivity index (χ1v) is 10.9. The fraction of sp³-hybridized carbons (Fsp3) is 0.320. The number of anilines is 1. The first-order valence-electron chi connectivity index (χ1n) is 10.9. The fourth-order valence-electron chi connectivity index (χ4n) is 3.78. The number of amides is 1. The van der Waals surface area contributed by atoms with E-state index in [4.69, 9.17) is 4.74 Å². The third-order valence-electron chi connectivity index (χ3n) is 5.52. The van der Waals surface area contributed by atoms with Crippen molar-refractivity contribution in [3.63, 3.8) is 0 Å². The van der Waals surface area contributed by atoms with Crippen LogP contribution in [-0.2, 0) is 11.3 Å². The lowest BCUT2D eigenvalue weighted by Crippen LogP contribution is -2.38. The number of carbonyl (C=O) groups is 1. The van der Waals surface area contributed by atoms with E-state index < -0.39 is 11.6 Å². The summed E-state index contributed by atoms with van der Waals surface area (Å²) in [5, 5.41) is 0. The predicted molar refractivity (Wildman–Crippen MR) is 122 cm³/mol. The van der Waals surface area contributed by atoms with Crippen LogP contribution in [0.4, 0.5) is 14.7 Å². The van der Waals surface area contributed by atoms with Crippen LogP contribution in [0, 0.1) is 11.6 Å². The minimum absolute atomic E-state index is 0.117. The Morgan fingerprint density at radius 3 is 2.39 bits per heavy atom. The molecule has 0 atom stereocenters. The zero-order valence-corrected chi connectivity index (χ0v) is 18.7. The second-order valence-corrected chi connectivity index (χ2v) is 8.20. The van der Waals surface area contributed by atoms with Crippen molar-refractivity contribution in [2.75, 3.05) is 31.2 Å². The highest BCUT2D eigenvalue weighted by molar-refractivity contribution is 6.00. The minimum atomic E-state index is -0.736. The van der Waals surface area contributed by atoms with Crippen LogP contribution >= 0.6 is 0 Å². The van der Waals surface area contributed by atoms with E-state index in [0.29, 0.717) is 38.8 Å². The molecule has 0 unspecified atom stereocenters. The maximum absolute atomic E-state index is 14.1. The molecule has 0 saturated carbocycles. The summed E-state index contributed by atoms with van der Waals surface area (Å²) in [6.07, 6.45) is 1.46. The standard InChI is InChI=1S/C25H26F2N4O2/c1-17(2)31(16-18-6-4-3-5-7-18)24(32)22-15-28-25(30-8-10-33-11-9-30)29-23(22)19-12-20(26)14-21(27)13-19/h3-7,12-15,17H,8-11,16H2,1-2H3. The molecule has 8 heteroatoms. The summed E-state index contributed by atoms with van der Waals surface area (Å²) in [6, 6.07) is 12.7. The Balaban J connectivity index is 1.77. The largest absolute Gasteiger partial charge is 0.378 e. The van der Waals surface area contributed by atoms with Gasteiger partial charge in [-0.1, -0.05) is 30.3 Å². The Hall–Kier alpha value is -3.39. The van der Waals surface area contributed by atoms with Crippen molar-refractivity contribution >= 4 is 11.9 Å². The van der Waals surface area contributed by atoms with Crippen LogP contribution in [0.25, 0.3) is 11.3 Å². The molecule has 33 heavy (non-hydrogen) atoms. The van der Waals surface area contributed by atoms with Gasteiger partial charge in [0.25, 0.3) is 5.91 Å². The number of carbonyl (C=O) groups excluding carboxylic acids is 1. The lowest BCUT2D eigenvalue weighted by atomic mass is 10.0. The van der Waals surface area contributed by atoms with Crippen LogP contribution in [0.2, 0.25) is 0 Å². The summed E-state index contributed by atoms with van der Waals surface area (Å²) in [5.41, 5.74) is 1.56. The molecule has 172 valence electrons. The molecule has 2 aromatic carbocycles. The predicted octanol–water partition coefficient (Wildman–Crippen LogP) is 4.31. The van der Waals surface area contributed by atoms with Crippen molar-refractivity contribution in [3.8, 4) is 11.3 Å². The van der Waals surface area contributed by atoms with Gasteiger partial charge >= 0.3 is 0 Å². The van der Waals surface area contributed by atoms with E-state index in [0.717, 1.165) is 11.6 Å². The molecule has 1 aliphatic rings. The van der Waals surface area contributed by atoms with Gasteiger partial charge in [0, 0.05) is 43.5 Å². The first kappa shape index (κ1) is 22.8. The van der Waals surface area contributed by atoms with Crippen LogP contribution in [0.15, 0.2) is 54.7 Å². The van der Waals surface area contributed by atoms with Gasteiger partial charge in [0.2, 0.25) is 5.95 Å². The molecule has 0 N–H and O–H groups in total. The van der Waals surface area contributed by atoms with Crippen molar-refractivity contribution in [2.45, 2.75) is 26.4 Å². The Labute approximate surface area is 191 Å². The molecule has 0 spiro atoms. The average Bonchev–Trinajstić information content (AvgIpc) is 2.82. The van der Waals surface area contributed by atoms with Crippen LogP contribution in [0.1, 0.15) is 29.8 Å². The molecule has 2 heterocycles. The molecule has 1 aromatic heterocycles. The van der Waals surface area contributed by atoms with Crippen LogP contribution in [0.5, 0.6) is 0 Å². The number of benzene rings is 2. The third-order valence-corrected chi connectivity index (χ3v) is 5.52. The van der Waals surface area contributed by atoms with Gasteiger partial charge in [-0.25, -0.2) is 18.7 Å². The summed E-state index contributed by atoms with van der Waals surface area (Å²) in [7, 11) is 0. The third kappa shape index (κ3) is 5.34. The summed E-state index contributed by atoms with van der Waals surface area (Å²) in [5.74, 6) is -1.38. The lowest BCUT2D eigenvalue weighted by molar-refractivity contribution is 0.0690. The first-order chi connectivity index (χ1) is 15.9. The van der Waals surface area contributed by atoms with Gasteiger partial charge in [-0.3, -0.25) is 4.79 Å². The summed E-state index contributed by atoms with van der Waals surface area (Å²) in [4.78, 5) is 26.3. The SMILES string of the molecule is CC(C)N(Cc1ccccc1)C(=O)c1cnc(N2CCOCC2)nc1-c1cc(F)cc(F)c1. The molecule has 1 saturated heterocycles. The number of halogens is 2. The minimum Gasteiger partial charge on any atom is -0.378 e. The zero-order chi connectivity index (χ0) is 23.4. The van der Waals surface area contributed by atoms with Crippen molar-refractivity contribution in [1.82, 2.24) is 14.9 Å². The van der Waals surface area contributed by atoms with Gasteiger partial charge in [-0.2, -0.15) is 0 Å². The molecule has 6 nitrogen and oxygen atoms in total. The molecule has 0 bridgehead atoms. The molecule has 1 amide bonds. The van der Waals surface area contributed by atoms with E-state index in [1.807, 2.05) is 49.1 Å². The van der Waals surface area contributed by atoms with Gasteiger partial charge in [-0.05, 0) is 31.5 Å². The molecule has 1 aliphatic heterocycles. The van der Waals surface area contributed by atoms with Crippen molar-refractivity contribution < 1.29 is 18.3 Å². The van der Waals surface area contributed by atoms with Crippen LogP contribution in [-0.4, -0.2) is 53.1 Å². The Morgan fingerprint density at radius 1 is 1.09 bits per heavy atom. The van der Waals surface area contributed by atoms with Gasteiger partial charge in [0.15, 0.2) is 0 Å². The molecule has 1 fully saturated rings. The topological polar surface area (TPSA) is 58.6 Å². The Kier molecular flexibility index (Phi) is 6.93. The Bertz CT molecular complexity index is 1100. The highest BCUT2D eigenvalue weighted by Gasteiger charge is 2.26. The lowest BCUT2D eigenvalue weighted by Gasteiger charge is -2.29. The fourth-order valence-corrected chi connectivity index (χ4v) is 3.78.